The summed E-state index contributed by atoms with van der Waals surface area (Å²) in [6.45, 7) is 2.89. The lowest BCUT2D eigenvalue weighted by atomic mass is 10.2. The molecule has 0 bridgehead atoms. The number of sulfonamides is 1. The molecule has 0 atom stereocenters. The zero-order valence-electron chi connectivity index (χ0n) is 16.6. The summed E-state index contributed by atoms with van der Waals surface area (Å²) in [7, 11) is -3.99. The van der Waals surface area contributed by atoms with Crippen LogP contribution in [-0.4, -0.2) is 44.3 Å². The summed E-state index contributed by atoms with van der Waals surface area (Å²) in [6, 6.07) is 9.35. The van der Waals surface area contributed by atoms with E-state index in [1.54, 1.807) is 0 Å². The van der Waals surface area contributed by atoms with E-state index in [2.05, 4.69) is 5.32 Å². The van der Waals surface area contributed by atoms with Crippen molar-refractivity contribution in [3.63, 3.8) is 0 Å². The van der Waals surface area contributed by atoms with Crippen LogP contribution in [0.5, 0.6) is 0 Å². The van der Waals surface area contributed by atoms with E-state index in [-0.39, 0.29) is 5.56 Å². The Morgan fingerprint density at radius 1 is 1.07 bits per heavy atom. The average molecular weight is 434 g/mol. The number of amides is 1. The number of nitrogens with zero attached hydrogens (tertiary/aromatic N) is 1. The van der Waals surface area contributed by atoms with Gasteiger partial charge in [0.1, 0.15) is 10.7 Å². The Morgan fingerprint density at radius 2 is 1.70 bits per heavy atom. The van der Waals surface area contributed by atoms with Crippen molar-refractivity contribution in [2.75, 3.05) is 25.0 Å². The summed E-state index contributed by atoms with van der Waals surface area (Å²) < 4.78 is 45.9. The highest BCUT2D eigenvalue weighted by Crippen LogP contribution is 2.24. The van der Waals surface area contributed by atoms with Crippen LogP contribution in [0.1, 0.15) is 46.9 Å². The van der Waals surface area contributed by atoms with Gasteiger partial charge in [0.15, 0.2) is 0 Å². The van der Waals surface area contributed by atoms with Crippen LogP contribution in [0.2, 0.25) is 0 Å². The molecule has 0 unspecified atom stereocenters. The molecule has 1 heterocycles. The Morgan fingerprint density at radius 3 is 2.33 bits per heavy atom. The van der Waals surface area contributed by atoms with E-state index in [1.807, 2.05) is 6.92 Å². The average Bonchev–Trinajstić information content (AvgIpc) is 3.28. The minimum Gasteiger partial charge on any atom is -0.462 e. The Hall–Kier alpha value is -2.78. The summed E-state index contributed by atoms with van der Waals surface area (Å²) >= 11 is 0. The van der Waals surface area contributed by atoms with Crippen molar-refractivity contribution >= 4 is 27.6 Å². The molecule has 1 fully saturated rings. The van der Waals surface area contributed by atoms with Crippen molar-refractivity contribution in [2.24, 2.45) is 0 Å². The van der Waals surface area contributed by atoms with Crippen LogP contribution in [0.4, 0.5) is 10.1 Å². The highest BCUT2D eigenvalue weighted by atomic mass is 32.2. The van der Waals surface area contributed by atoms with Crippen LogP contribution in [0.25, 0.3) is 0 Å². The Bertz CT molecular complexity index is 1030. The molecule has 7 nitrogen and oxygen atoms in total. The molecule has 1 aliphatic heterocycles. The fourth-order valence-electron chi connectivity index (χ4n) is 3.08. The summed E-state index contributed by atoms with van der Waals surface area (Å²) in [5.41, 5.74) is 0.767. The number of rotatable bonds is 7. The van der Waals surface area contributed by atoms with E-state index in [9.17, 15) is 22.4 Å². The highest BCUT2D eigenvalue weighted by molar-refractivity contribution is 7.89. The van der Waals surface area contributed by atoms with Crippen LogP contribution in [-0.2, 0) is 14.8 Å². The lowest BCUT2D eigenvalue weighted by Gasteiger charge is -2.16. The second kappa shape index (κ2) is 9.36. The lowest BCUT2D eigenvalue weighted by molar-refractivity contribution is 0.0505. The third-order valence-electron chi connectivity index (χ3n) is 4.69. The van der Waals surface area contributed by atoms with Crippen molar-refractivity contribution in [2.45, 2.75) is 31.1 Å². The zero-order valence-corrected chi connectivity index (χ0v) is 17.4. The normalized spacial score (nSPS) is 14.5. The number of hydrogen-bond acceptors (Lipinski definition) is 5. The molecule has 0 radical (unpaired) electrons. The maximum Gasteiger partial charge on any atom is 0.338 e. The largest absolute Gasteiger partial charge is 0.462 e. The molecular weight excluding hydrogens is 411 g/mol. The lowest BCUT2D eigenvalue weighted by Crippen LogP contribution is -2.29. The number of carbonyl (C=O) groups is 2. The molecule has 160 valence electrons. The maximum atomic E-state index is 14.2. The summed E-state index contributed by atoms with van der Waals surface area (Å²) in [5, 5.41) is 2.61. The van der Waals surface area contributed by atoms with Gasteiger partial charge in [-0.25, -0.2) is 17.6 Å². The molecule has 1 N–H and O–H groups in total. The number of carbonyl (C=O) groups excluding carboxylic acids is 2. The fraction of sp³-hybridized carbons (Fsp3) is 0.333. The van der Waals surface area contributed by atoms with Crippen molar-refractivity contribution in [3.05, 3.63) is 59.4 Å². The standard InChI is InChI=1S/C21H23FN2O5S/c1-2-13-29-21(26)15-5-8-17(9-6-15)23-20(25)16-7-10-18(22)19(14-16)30(27,28)24-11-3-4-12-24/h5-10,14H,2-4,11-13H2,1H3,(H,23,25). The van der Waals surface area contributed by atoms with E-state index in [4.69, 9.17) is 4.74 Å². The SMILES string of the molecule is CCCOC(=O)c1ccc(NC(=O)c2ccc(F)c(S(=O)(=O)N3CCCC3)c2)cc1. The second-order valence-corrected chi connectivity index (χ2v) is 8.83. The van der Waals surface area contributed by atoms with Gasteiger partial charge in [0.05, 0.1) is 12.2 Å². The Kier molecular flexibility index (Phi) is 6.84. The zero-order chi connectivity index (χ0) is 21.7. The molecule has 0 aliphatic carbocycles. The third-order valence-corrected chi connectivity index (χ3v) is 6.61. The first kappa shape index (κ1) is 21.9. The minimum absolute atomic E-state index is 0.0144. The molecule has 0 aromatic heterocycles. The van der Waals surface area contributed by atoms with Gasteiger partial charge in [-0.05, 0) is 61.7 Å². The quantitative estimate of drug-likeness (QED) is 0.674. The minimum atomic E-state index is -3.99. The van der Waals surface area contributed by atoms with E-state index in [0.717, 1.165) is 25.0 Å². The molecule has 3 rings (SSSR count). The number of benzene rings is 2. The number of esters is 1. The van der Waals surface area contributed by atoms with Gasteiger partial charge in [-0.3, -0.25) is 4.79 Å². The first-order valence-corrected chi connectivity index (χ1v) is 11.1. The van der Waals surface area contributed by atoms with Crippen LogP contribution >= 0.6 is 0 Å². The summed E-state index contributed by atoms with van der Waals surface area (Å²) in [5.74, 6) is -1.94. The van der Waals surface area contributed by atoms with E-state index < -0.39 is 32.6 Å². The van der Waals surface area contributed by atoms with Crippen molar-refractivity contribution in [3.8, 4) is 0 Å². The van der Waals surface area contributed by atoms with Crippen LogP contribution in [0.3, 0.4) is 0 Å². The third kappa shape index (κ3) is 4.85. The molecule has 1 saturated heterocycles. The van der Waals surface area contributed by atoms with Gasteiger partial charge in [0.2, 0.25) is 10.0 Å². The second-order valence-electron chi connectivity index (χ2n) is 6.92. The molecule has 2 aromatic rings. The van der Waals surface area contributed by atoms with Gasteiger partial charge in [-0.2, -0.15) is 4.31 Å². The first-order valence-electron chi connectivity index (χ1n) is 9.71. The number of nitrogens with one attached hydrogen (secondary N) is 1. The van der Waals surface area contributed by atoms with Gasteiger partial charge >= 0.3 is 5.97 Å². The van der Waals surface area contributed by atoms with Gasteiger partial charge in [0, 0.05) is 24.3 Å². The van der Waals surface area contributed by atoms with Crippen LogP contribution in [0.15, 0.2) is 47.4 Å². The fourth-order valence-corrected chi connectivity index (χ4v) is 4.69. The Labute approximate surface area is 174 Å². The summed E-state index contributed by atoms with van der Waals surface area (Å²) in [4.78, 5) is 23.9. The smallest absolute Gasteiger partial charge is 0.338 e. The predicted octanol–water partition coefficient (Wildman–Crippen LogP) is 3.43. The van der Waals surface area contributed by atoms with Crippen molar-refractivity contribution < 1.29 is 27.1 Å². The topological polar surface area (TPSA) is 92.8 Å². The van der Waals surface area contributed by atoms with E-state index >= 15 is 0 Å². The molecule has 30 heavy (non-hydrogen) atoms. The predicted molar refractivity (Wildman–Crippen MR) is 109 cm³/mol. The number of halogens is 1. The molecule has 2 aromatic carbocycles. The number of ether oxygens (including phenoxy) is 1. The van der Waals surface area contributed by atoms with Gasteiger partial charge in [-0.1, -0.05) is 6.92 Å². The molecule has 0 spiro atoms. The van der Waals surface area contributed by atoms with Gasteiger partial charge < -0.3 is 10.1 Å². The van der Waals surface area contributed by atoms with E-state index in [1.165, 1.54) is 34.6 Å². The van der Waals surface area contributed by atoms with Crippen LogP contribution < -0.4 is 5.32 Å². The molecule has 9 heteroatoms. The van der Waals surface area contributed by atoms with Crippen molar-refractivity contribution in [1.29, 1.82) is 0 Å². The van der Waals surface area contributed by atoms with E-state index in [0.29, 0.717) is 37.4 Å². The maximum absolute atomic E-state index is 14.2. The van der Waals surface area contributed by atoms with Crippen LogP contribution in [0, 0.1) is 5.82 Å². The summed E-state index contributed by atoms with van der Waals surface area (Å²) in [6.07, 6.45) is 2.17. The van der Waals surface area contributed by atoms with Gasteiger partial charge in [0.25, 0.3) is 5.91 Å². The van der Waals surface area contributed by atoms with Crippen molar-refractivity contribution in [1.82, 2.24) is 4.31 Å². The molecular formula is C21H23FN2O5S. The monoisotopic (exact) mass is 434 g/mol. The van der Waals surface area contributed by atoms with Gasteiger partial charge in [-0.15, -0.1) is 0 Å². The first-order chi connectivity index (χ1) is 14.3. The molecule has 1 aliphatic rings. The molecule has 0 saturated carbocycles. The number of anilines is 1. The highest BCUT2D eigenvalue weighted by Gasteiger charge is 2.30. The molecule has 1 amide bonds. The number of hydrogen-bond donors (Lipinski definition) is 1. The Balaban J connectivity index is 1.75.